The Morgan fingerprint density at radius 1 is 1.39 bits per heavy atom. The third-order valence-electron chi connectivity index (χ3n) is 4.11. The standard InChI is InChI=1S/C13H25N3O2/c1-15-7-4-11(5-8-15)16(9-10-17)13(18)12-3-2-6-14-12/h11-12,14,17H,2-10H2,1H3/t12-/m0/s1. The quantitative estimate of drug-likeness (QED) is 0.721. The van der Waals surface area contributed by atoms with Crippen molar-refractivity contribution < 1.29 is 9.90 Å². The van der Waals surface area contributed by atoms with Gasteiger partial charge in [0.15, 0.2) is 0 Å². The molecule has 0 unspecified atom stereocenters. The summed E-state index contributed by atoms with van der Waals surface area (Å²) in [4.78, 5) is 16.7. The maximum Gasteiger partial charge on any atom is 0.240 e. The first-order valence-corrected chi connectivity index (χ1v) is 7.05. The number of likely N-dealkylation sites (tertiary alicyclic amines) is 1. The van der Waals surface area contributed by atoms with Crippen LogP contribution in [0.2, 0.25) is 0 Å². The third kappa shape index (κ3) is 3.22. The molecule has 0 bridgehead atoms. The maximum absolute atomic E-state index is 12.5. The van der Waals surface area contributed by atoms with E-state index in [1.165, 1.54) is 0 Å². The van der Waals surface area contributed by atoms with Gasteiger partial charge in [0.1, 0.15) is 0 Å². The monoisotopic (exact) mass is 255 g/mol. The van der Waals surface area contributed by atoms with E-state index in [4.69, 9.17) is 0 Å². The lowest BCUT2D eigenvalue weighted by molar-refractivity contribution is -0.137. The van der Waals surface area contributed by atoms with E-state index in [0.717, 1.165) is 45.3 Å². The van der Waals surface area contributed by atoms with Crippen LogP contribution >= 0.6 is 0 Å². The highest BCUT2D eigenvalue weighted by atomic mass is 16.3. The van der Waals surface area contributed by atoms with Crippen molar-refractivity contribution in [2.75, 3.05) is 39.8 Å². The molecule has 2 aliphatic heterocycles. The summed E-state index contributed by atoms with van der Waals surface area (Å²) in [5, 5.41) is 12.4. The molecule has 2 saturated heterocycles. The fraction of sp³-hybridized carbons (Fsp3) is 0.923. The molecule has 0 aromatic heterocycles. The minimum absolute atomic E-state index is 0.0174. The lowest BCUT2D eigenvalue weighted by Crippen LogP contribution is -2.52. The molecule has 2 fully saturated rings. The van der Waals surface area contributed by atoms with Crippen molar-refractivity contribution in [3.05, 3.63) is 0 Å². The fourth-order valence-corrected chi connectivity index (χ4v) is 2.98. The first-order valence-electron chi connectivity index (χ1n) is 7.05. The molecule has 2 aliphatic rings. The first-order chi connectivity index (χ1) is 8.72. The van der Waals surface area contributed by atoms with E-state index in [-0.39, 0.29) is 18.6 Å². The van der Waals surface area contributed by atoms with Crippen LogP contribution in [0.1, 0.15) is 25.7 Å². The number of hydrogen-bond donors (Lipinski definition) is 2. The molecule has 104 valence electrons. The highest BCUT2D eigenvalue weighted by Gasteiger charge is 2.32. The second kappa shape index (κ2) is 6.50. The zero-order valence-electron chi connectivity index (χ0n) is 11.3. The smallest absolute Gasteiger partial charge is 0.240 e. The number of aliphatic hydroxyl groups excluding tert-OH is 1. The second-order valence-electron chi connectivity index (χ2n) is 5.44. The number of nitrogens with zero attached hydrogens (tertiary/aromatic N) is 2. The second-order valence-corrected chi connectivity index (χ2v) is 5.44. The molecule has 5 nitrogen and oxygen atoms in total. The van der Waals surface area contributed by atoms with E-state index >= 15 is 0 Å². The Bertz CT molecular complexity index is 271. The van der Waals surface area contributed by atoms with E-state index in [9.17, 15) is 9.90 Å². The highest BCUT2D eigenvalue weighted by Crippen LogP contribution is 2.18. The number of rotatable bonds is 4. The van der Waals surface area contributed by atoms with Crippen molar-refractivity contribution in [2.45, 2.75) is 37.8 Å². The van der Waals surface area contributed by atoms with E-state index in [1.807, 2.05) is 4.90 Å². The van der Waals surface area contributed by atoms with Gasteiger partial charge < -0.3 is 20.2 Å². The summed E-state index contributed by atoms with van der Waals surface area (Å²) >= 11 is 0. The van der Waals surface area contributed by atoms with Gasteiger partial charge in [-0.3, -0.25) is 4.79 Å². The molecule has 0 aromatic rings. The van der Waals surface area contributed by atoms with Gasteiger partial charge in [-0.2, -0.15) is 0 Å². The van der Waals surface area contributed by atoms with Crippen LogP contribution in [-0.4, -0.2) is 72.7 Å². The predicted molar refractivity (Wildman–Crippen MR) is 70.3 cm³/mol. The van der Waals surface area contributed by atoms with Gasteiger partial charge in [-0.25, -0.2) is 0 Å². The Labute approximate surface area is 109 Å². The van der Waals surface area contributed by atoms with Gasteiger partial charge in [0.25, 0.3) is 0 Å². The molecule has 0 saturated carbocycles. The summed E-state index contributed by atoms with van der Waals surface area (Å²) < 4.78 is 0. The normalized spacial score (nSPS) is 26.4. The summed E-state index contributed by atoms with van der Waals surface area (Å²) in [5.41, 5.74) is 0. The maximum atomic E-state index is 12.5. The van der Waals surface area contributed by atoms with Crippen LogP contribution in [0.4, 0.5) is 0 Å². The Morgan fingerprint density at radius 2 is 2.11 bits per heavy atom. The Hall–Kier alpha value is -0.650. The number of carbonyl (C=O) groups is 1. The van der Waals surface area contributed by atoms with Crippen LogP contribution in [0.3, 0.4) is 0 Å². The van der Waals surface area contributed by atoms with Gasteiger partial charge in [-0.05, 0) is 52.4 Å². The Balaban J connectivity index is 1.95. The van der Waals surface area contributed by atoms with Crippen LogP contribution in [0.15, 0.2) is 0 Å². The Morgan fingerprint density at radius 3 is 2.67 bits per heavy atom. The molecule has 0 spiro atoms. The van der Waals surface area contributed by atoms with Gasteiger partial charge in [0, 0.05) is 12.6 Å². The first kappa shape index (κ1) is 13.8. The molecule has 1 atom stereocenters. The summed E-state index contributed by atoms with van der Waals surface area (Å²) in [7, 11) is 2.12. The van der Waals surface area contributed by atoms with Crippen molar-refractivity contribution >= 4 is 5.91 Å². The molecular weight excluding hydrogens is 230 g/mol. The predicted octanol–water partition coefficient (Wildman–Crippen LogP) is -0.346. The fourth-order valence-electron chi connectivity index (χ4n) is 2.98. The molecule has 0 aromatic carbocycles. The average Bonchev–Trinajstić information content (AvgIpc) is 2.90. The molecule has 2 heterocycles. The van der Waals surface area contributed by atoms with E-state index < -0.39 is 0 Å². The van der Waals surface area contributed by atoms with Crippen LogP contribution < -0.4 is 5.32 Å². The number of piperidine rings is 1. The lowest BCUT2D eigenvalue weighted by Gasteiger charge is -2.38. The largest absolute Gasteiger partial charge is 0.395 e. The number of amides is 1. The van der Waals surface area contributed by atoms with Gasteiger partial charge in [-0.15, -0.1) is 0 Å². The van der Waals surface area contributed by atoms with Crippen LogP contribution in [0.25, 0.3) is 0 Å². The molecule has 18 heavy (non-hydrogen) atoms. The SMILES string of the molecule is CN1CCC(N(CCO)C(=O)[C@@H]2CCCN2)CC1. The van der Waals surface area contributed by atoms with E-state index in [1.54, 1.807) is 0 Å². The van der Waals surface area contributed by atoms with Crippen LogP contribution in [0, 0.1) is 0 Å². The number of carbonyl (C=O) groups excluding carboxylic acids is 1. The summed E-state index contributed by atoms with van der Waals surface area (Å²) in [6.07, 6.45) is 4.06. The van der Waals surface area contributed by atoms with Gasteiger partial charge in [-0.1, -0.05) is 0 Å². The summed E-state index contributed by atoms with van der Waals surface area (Å²) in [6.45, 7) is 3.56. The summed E-state index contributed by atoms with van der Waals surface area (Å²) in [5.74, 6) is 0.191. The van der Waals surface area contributed by atoms with Crippen LogP contribution in [-0.2, 0) is 4.79 Å². The van der Waals surface area contributed by atoms with Crippen molar-refractivity contribution in [1.82, 2.24) is 15.1 Å². The lowest BCUT2D eigenvalue weighted by atomic mass is 10.0. The Kier molecular flexibility index (Phi) is 4.97. The number of aliphatic hydroxyl groups is 1. The van der Waals surface area contributed by atoms with Crippen molar-refractivity contribution in [3.8, 4) is 0 Å². The molecule has 5 heteroatoms. The van der Waals surface area contributed by atoms with Gasteiger partial charge >= 0.3 is 0 Å². The van der Waals surface area contributed by atoms with Crippen molar-refractivity contribution in [2.24, 2.45) is 0 Å². The minimum Gasteiger partial charge on any atom is -0.395 e. The molecular formula is C13H25N3O2. The number of nitrogens with one attached hydrogen (secondary N) is 1. The van der Waals surface area contributed by atoms with Crippen LogP contribution in [0.5, 0.6) is 0 Å². The number of hydrogen-bond acceptors (Lipinski definition) is 4. The zero-order chi connectivity index (χ0) is 13.0. The van der Waals surface area contributed by atoms with E-state index in [0.29, 0.717) is 12.6 Å². The summed E-state index contributed by atoms with van der Waals surface area (Å²) in [6, 6.07) is 0.291. The zero-order valence-corrected chi connectivity index (χ0v) is 11.3. The van der Waals surface area contributed by atoms with Gasteiger partial charge in [0.2, 0.25) is 5.91 Å². The van der Waals surface area contributed by atoms with Crippen molar-refractivity contribution in [3.63, 3.8) is 0 Å². The average molecular weight is 255 g/mol. The third-order valence-corrected chi connectivity index (χ3v) is 4.11. The molecule has 1 amide bonds. The van der Waals surface area contributed by atoms with Gasteiger partial charge in [0.05, 0.1) is 12.6 Å². The topological polar surface area (TPSA) is 55.8 Å². The van der Waals surface area contributed by atoms with E-state index in [2.05, 4.69) is 17.3 Å². The molecule has 2 N–H and O–H groups in total. The molecule has 0 aliphatic carbocycles. The molecule has 0 radical (unpaired) electrons. The van der Waals surface area contributed by atoms with Crippen molar-refractivity contribution in [1.29, 1.82) is 0 Å². The molecule has 2 rings (SSSR count). The minimum atomic E-state index is -0.0174. The highest BCUT2D eigenvalue weighted by molar-refractivity contribution is 5.82.